The van der Waals surface area contributed by atoms with Gasteiger partial charge in [-0.1, -0.05) is 118 Å². The molecule has 0 saturated carbocycles. The number of fused-ring (bicyclic) bond motifs is 5. The van der Waals surface area contributed by atoms with E-state index in [1.54, 1.807) is 0 Å². The van der Waals surface area contributed by atoms with Gasteiger partial charge in [0.2, 0.25) is 0 Å². The van der Waals surface area contributed by atoms with Crippen LogP contribution in [0.1, 0.15) is 31.9 Å². The van der Waals surface area contributed by atoms with Crippen LogP contribution in [-0.2, 0) is 26.5 Å². The first-order valence-corrected chi connectivity index (χ1v) is 21.3. The fourth-order valence-corrected chi connectivity index (χ4v) is 7.60. The van der Waals surface area contributed by atoms with Gasteiger partial charge in [-0.15, -0.1) is 53.6 Å². The Balaban J connectivity index is 0.000000238. The summed E-state index contributed by atoms with van der Waals surface area (Å²) in [6.45, 7) is 15.9. The minimum atomic E-state index is -1.23. The number of rotatable bonds is 5. The number of benzene rings is 5. The van der Waals surface area contributed by atoms with E-state index in [-0.39, 0.29) is 31.3 Å². The number of pyridine rings is 2. The average molecular weight is 891 g/mol. The summed E-state index contributed by atoms with van der Waals surface area (Å²) in [5.41, 5.74) is 10.2. The number of aryl methyl sites for hydroxylation is 1. The van der Waals surface area contributed by atoms with Gasteiger partial charge >= 0.3 is 0 Å². The fourth-order valence-electron chi connectivity index (χ4n) is 6.57. The monoisotopic (exact) mass is 891 g/mol. The Morgan fingerprint density at radius 3 is 2.09 bits per heavy atom. The quantitative estimate of drug-likeness (QED) is 0.128. The molecule has 5 aromatic carbocycles. The largest absolute Gasteiger partial charge is 0.476 e. The predicted molar refractivity (Wildman–Crippen MR) is 218 cm³/mol. The standard InChI is InChI=1S/C33H27FNO.C14H16NSi.Ir/c1-20-19-35-30(15-23(20)18-33(2,3)4)22-11-14-26-29-17-28(21-9-12-24(34)13-10-21)25-7-5-6-8-27(25)32(29)36-31(26)16-22;1-16(2,3)13-9-10-14(15-11-13)12-7-5-4-6-8-12;/h5-15,17,19H,18H2,1-4H3;4-7,9-11H,1-3H3;/q2*-1;. The van der Waals surface area contributed by atoms with Crippen molar-refractivity contribution in [1.29, 1.82) is 0 Å². The maximum Gasteiger partial charge on any atom is 0.131 e. The molecule has 3 nitrogen and oxygen atoms in total. The van der Waals surface area contributed by atoms with Gasteiger partial charge < -0.3 is 14.4 Å². The van der Waals surface area contributed by atoms with Crippen LogP contribution in [-0.4, -0.2) is 18.0 Å². The first-order chi connectivity index (χ1) is 24.8. The second-order valence-electron chi connectivity index (χ2n) is 15.8. The summed E-state index contributed by atoms with van der Waals surface area (Å²) in [6, 6.07) is 42.3. The molecular weight excluding hydrogens is 848 g/mol. The zero-order valence-electron chi connectivity index (χ0n) is 31.3. The number of aromatic nitrogens is 2. The average Bonchev–Trinajstić information content (AvgIpc) is 3.50. The topological polar surface area (TPSA) is 38.9 Å². The number of hydrogen-bond donors (Lipinski definition) is 0. The second kappa shape index (κ2) is 15.3. The molecule has 8 aromatic rings. The van der Waals surface area contributed by atoms with Crippen molar-refractivity contribution in [1.82, 2.24) is 9.97 Å². The molecule has 0 N–H and O–H groups in total. The van der Waals surface area contributed by atoms with Gasteiger partial charge in [0.25, 0.3) is 0 Å². The summed E-state index contributed by atoms with van der Waals surface area (Å²) >= 11 is 0. The second-order valence-corrected chi connectivity index (χ2v) is 20.8. The van der Waals surface area contributed by atoms with E-state index in [0.717, 1.165) is 67.2 Å². The van der Waals surface area contributed by atoms with Gasteiger partial charge in [-0.25, -0.2) is 4.39 Å². The van der Waals surface area contributed by atoms with Crippen molar-refractivity contribution in [3.8, 4) is 33.6 Å². The normalized spacial score (nSPS) is 11.7. The summed E-state index contributed by atoms with van der Waals surface area (Å²) in [5.74, 6) is -0.240. The molecule has 0 unspecified atom stereocenters. The third kappa shape index (κ3) is 8.41. The fraction of sp³-hybridized carbons (Fsp3) is 0.191. The summed E-state index contributed by atoms with van der Waals surface area (Å²) < 4.78 is 20.0. The third-order valence-electron chi connectivity index (χ3n) is 9.38. The van der Waals surface area contributed by atoms with Crippen molar-refractivity contribution in [3.63, 3.8) is 0 Å². The van der Waals surface area contributed by atoms with Crippen LogP contribution < -0.4 is 5.19 Å². The van der Waals surface area contributed by atoms with E-state index < -0.39 is 8.07 Å². The molecule has 0 amide bonds. The Kier molecular flexibility index (Phi) is 11.0. The van der Waals surface area contributed by atoms with Crippen molar-refractivity contribution >= 4 is 46.0 Å². The van der Waals surface area contributed by atoms with Crippen molar-refractivity contribution < 1.29 is 28.9 Å². The number of nitrogens with zero attached hydrogens (tertiary/aromatic N) is 2. The van der Waals surface area contributed by atoms with Crippen molar-refractivity contribution in [2.24, 2.45) is 5.41 Å². The minimum absolute atomic E-state index is 0. The molecule has 0 bridgehead atoms. The van der Waals surface area contributed by atoms with Crippen molar-refractivity contribution in [2.75, 3.05) is 0 Å². The van der Waals surface area contributed by atoms with E-state index in [1.807, 2.05) is 60.9 Å². The molecule has 0 spiro atoms. The van der Waals surface area contributed by atoms with E-state index in [4.69, 9.17) is 9.40 Å². The summed E-state index contributed by atoms with van der Waals surface area (Å²) in [5, 5.41) is 5.53. The summed E-state index contributed by atoms with van der Waals surface area (Å²) in [6.07, 6.45) is 4.96. The van der Waals surface area contributed by atoms with Crippen LogP contribution in [0.4, 0.5) is 4.39 Å². The Labute approximate surface area is 326 Å². The Hall–Kier alpha value is -4.74. The smallest absolute Gasteiger partial charge is 0.131 e. The van der Waals surface area contributed by atoms with Crippen LogP contribution in [0.25, 0.3) is 66.4 Å². The number of hydrogen-bond acceptors (Lipinski definition) is 3. The van der Waals surface area contributed by atoms with Gasteiger partial charge in [0.1, 0.15) is 11.4 Å². The number of halogens is 1. The molecule has 3 aromatic heterocycles. The molecule has 3 heterocycles. The molecule has 53 heavy (non-hydrogen) atoms. The Morgan fingerprint density at radius 2 is 1.43 bits per heavy atom. The van der Waals surface area contributed by atoms with E-state index in [9.17, 15) is 4.39 Å². The molecule has 269 valence electrons. The van der Waals surface area contributed by atoms with Gasteiger partial charge in [-0.3, -0.25) is 0 Å². The van der Waals surface area contributed by atoms with Crippen LogP contribution in [0, 0.1) is 30.3 Å². The minimum Gasteiger partial charge on any atom is -0.476 e. The maximum atomic E-state index is 13.6. The Bertz CT molecular complexity index is 2510. The van der Waals surface area contributed by atoms with Crippen molar-refractivity contribution in [3.05, 3.63) is 151 Å². The van der Waals surface area contributed by atoms with E-state index >= 15 is 0 Å². The van der Waals surface area contributed by atoms with Crippen LogP contribution >= 0.6 is 0 Å². The van der Waals surface area contributed by atoms with Gasteiger partial charge in [-0.2, -0.15) is 0 Å². The molecule has 6 heteroatoms. The zero-order chi connectivity index (χ0) is 36.6. The van der Waals surface area contributed by atoms with Crippen molar-refractivity contribution in [2.45, 2.75) is 53.8 Å². The van der Waals surface area contributed by atoms with Gasteiger partial charge in [0, 0.05) is 37.9 Å². The van der Waals surface area contributed by atoms with Crippen LogP contribution in [0.3, 0.4) is 0 Å². The maximum absolute atomic E-state index is 13.6. The first kappa shape index (κ1) is 38.0. The molecule has 8 rings (SSSR count). The Morgan fingerprint density at radius 1 is 0.717 bits per heavy atom. The van der Waals surface area contributed by atoms with Crippen LogP contribution in [0.15, 0.2) is 126 Å². The zero-order valence-corrected chi connectivity index (χ0v) is 34.7. The molecule has 0 aliphatic rings. The number of furan rings is 1. The summed E-state index contributed by atoms with van der Waals surface area (Å²) in [7, 11) is -1.23. The van der Waals surface area contributed by atoms with E-state index in [1.165, 1.54) is 28.4 Å². The SMILES string of the molecule is C[Si](C)(C)c1ccc(-c2[c-]cccc2)nc1.Cc1cnc(-c2[c-]c3oc4c5ccccc5c(-c5ccc(F)cc5)cc4c3cc2)cc1CC(C)(C)C.[Ir]. The van der Waals surface area contributed by atoms with Gasteiger partial charge in [0.05, 0.1) is 13.7 Å². The molecule has 0 aliphatic carbocycles. The third-order valence-corrected chi connectivity index (χ3v) is 11.4. The predicted octanol–water partition coefficient (Wildman–Crippen LogP) is 12.4. The van der Waals surface area contributed by atoms with E-state index in [0.29, 0.717) is 5.58 Å². The molecule has 0 saturated heterocycles. The van der Waals surface area contributed by atoms with Crippen LogP contribution in [0.2, 0.25) is 19.6 Å². The first-order valence-electron chi connectivity index (χ1n) is 17.8. The molecule has 0 fully saturated rings. The molecule has 0 aliphatic heterocycles. The van der Waals surface area contributed by atoms with Crippen LogP contribution in [0.5, 0.6) is 0 Å². The molecular formula is C47H43FIrN2OSi-2. The van der Waals surface area contributed by atoms with E-state index in [2.05, 4.69) is 113 Å². The molecule has 1 radical (unpaired) electrons. The summed E-state index contributed by atoms with van der Waals surface area (Å²) in [4.78, 5) is 9.23. The molecule has 0 atom stereocenters. The van der Waals surface area contributed by atoms with Gasteiger partial charge in [0.15, 0.2) is 0 Å². The van der Waals surface area contributed by atoms with Gasteiger partial charge in [-0.05, 0) is 74.9 Å².